The monoisotopic (exact) mass is 274 g/mol. The minimum atomic E-state index is -0.730. The zero-order valence-electron chi connectivity index (χ0n) is 11.6. The van der Waals surface area contributed by atoms with Crippen LogP contribution in [0.2, 0.25) is 0 Å². The molecule has 1 rings (SSSR count). The van der Waals surface area contributed by atoms with Crippen LogP contribution in [0.1, 0.15) is 51.9 Å². The molecule has 6 heteroatoms. The third-order valence-electron chi connectivity index (χ3n) is 3.84. The molecule has 4 N–H and O–H groups in total. The lowest BCUT2D eigenvalue weighted by Gasteiger charge is -2.43. The predicted octanol–water partition coefficient (Wildman–Crippen LogP) is -0.137. The highest BCUT2D eigenvalue weighted by Gasteiger charge is 2.31. The first kappa shape index (κ1) is 16.4. The molecule has 0 radical (unpaired) electrons. The van der Waals surface area contributed by atoms with Crippen LogP contribution >= 0.6 is 0 Å². The molecule has 6 nitrogen and oxygen atoms in total. The fourth-order valence-corrected chi connectivity index (χ4v) is 2.51. The van der Waals surface area contributed by atoms with Gasteiger partial charge in [0, 0.05) is 12.8 Å². The first-order valence-electron chi connectivity index (χ1n) is 7.19. The molecule has 0 aromatic heterocycles. The van der Waals surface area contributed by atoms with Gasteiger partial charge >= 0.3 is 5.97 Å². The van der Waals surface area contributed by atoms with Crippen molar-refractivity contribution in [3.05, 3.63) is 5.21 Å². The number of hydroxylamine groups is 2. The number of nitrogens with one attached hydrogen (secondary N) is 2. The summed E-state index contributed by atoms with van der Waals surface area (Å²) in [5.74, 6) is -0.730. The number of aliphatic carboxylic acids is 1. The number of hydrogen-bond donors (Lipinski definition) is 4. The number of carbonyl (C=O) groups is 1. The summed E-state index contributed by atoms with van der Waals surface area (Å²) in [7, 11) is 0. The zero-order chi connectivity index (χ0) is 14.3. The maximum atomic E-state index is 11.9. The molecule has 1 heterocycles. The highest BCUT2D eigenvalue weighted by atomic mass is 16.5. The smallest absolute Gasteiger partial charge is 0.303 e. The lowest BCUT2D eigenvalue weighted by molar-refractivity contribution is -0.909. The van der Waals surface area contributed by atoms with Crippen molar-refractivity contribution in [2.24, 2.45) is 0 Å². The molecule has 0 bridgehead atoms. The minimum Gasteiger partial charge on any atom is -0.634 e. The van der Waals surface area contributed by atoms with Crippen molar-refractivity contribution in [2.75, 3.05) is 6.54 Å². The highest BCUT2D eigenvalue weighted by molar-refractivity contribution is 5.66. The second-order valence-electron chi connectivity index (χ2n) is 5.44. The van der Waals surface area contributed by atoms with E-state index in [4.69, 9.17) is 5.11 Å². The van der Waals surface area contributed by atoms with Crippen LogP contribution in [-0.2, 0) is 4.79 Å². The van der Waals surface area contributed by atoms with Gasteiger partial charge in [-0.05, 0) is 19.8 Å². The summed E-state index contributed by atoms with van der Waals surface area (Å²) in [4.78, 5) is 10.3. The average Bonchev–Trinajstić information content (AvgIpc) is 2.37. The number of rotatable bonds is 8. The number of aliphatic hydroxyl groups excluding tert-OH is 1. The van der Waals surface area contributed by atoms with E-state index in [1.807, 2.05) is 0 Å². The quantitative estimate of drug-likeness (QED) is 0.365. The molecule has 112 valence electrons. The van der Waals surface area contributed by atoms with Crippen LogP contribution in [0.3, 0.4) is 0 Å². The minimum absolute atomic E-state index is 0.0254. The molecule has 4 atom stereocenters. The summed E-state index contributed by atoms with van der Waals surface area (Å²) >= 11 is 0. The van der Waals surface area contributed by atoms with Crippen molar-refractivity contribution in [2.45, 2.75) is 70.2 Å². The molecule has 1 saturated heterocycles. The standard InChI is InChI=1S/C13H26N2O4/c1-10-13(18)14-9-11(15(10)19)7-5-3-2-4-6-8-12(16)17/h10-11,13-15,18H,2-9H2,1H3,(H,16,17)/t10-,11+,13-/m0/s1. The molecule has 0 aromatic rings. The van der Waals surface area contributed by atoms with Crippen LogP contribution in [0.15, 0.2) is 0 Å². The Balaban J connectivity index is 2.04. The number of piperazine rings is 1. The lowest BCUT2D eigenvalue weighted by atomic mass is 10.0. The Labute approximate surface area is 114 Å². The van der Waals surface area contributed by atoms with E-state index in [2.05, 4.69) is 5.32 Å². The Bertz CT molecular complexity index is 275. The van der Waals surface area contributed by atoms with Gasteiger partial charge in [-0.3, -0.25) is 10.1 Å². The Morgan fingerprint density at radius 1 is 1.32 bits per heavy atom. The van der Waals surface area contributed by atoms with Crippen molar-refractivity contribution >= 4 is 5.97 Å². The Morgan fingerprint density at radius 3 is 2.63 bits per heavy atom. The van der Waals surface area contributed by atoms with Gasteiger partial charge in [-0.15, -0.1) is 0 Å². The van der Waals surface area contributed by atoms with E-state index in [0.717, 1.165) is 38.5 Å². The molecule has 1 unspecified atom stereocenters. The van der Waals surface area contributed by atoms with E-state index in [9.17, 15) is 15.1 Å². The second-order valence-corrected chi connectivity index (χ2v) is 5.44. The lowest BCUT2D eigenvalue weighted by Crippen LogP contribution is -3.18. The first-order chi connectivity index (χ1) is 9.02. The largest absolute Gasteiger partial charge is 0.634 e. The number of carboxylic acids is 1. The van der Waals surface area contributed by atoms with Gasteiger partial charge in [0.05, 0.1) is 6.54 Å². The molecule has 1 aliphatic rings. The molecule has 0 spiro atoms. The first-order valence-corrected chi connectivity index (χ1v) is 7.19. The molecule has 19 heavy (non-hydrogen) atoms. The Morgan fingerprint density at radius 2 is 1.95 bits per heavy atom. The van der Waals surface area contributed by atoms with Gasteiger partial charge in [0.15, 0.2) is 6.23 Å². The van der Waals surface area contributed by atoms with E-state index in [-0.39, 0.29) is 23.6 Å². The number of unbranched alkanes of at least 4 members (excludes halogenated alkanes) is 4. The number of aliphatic hydroxyl groups is 1. The van der Waals surface area contributed by atoms with Crippen LogP contribution in [0.25, 0.3) is 0 Å². The molecule has 0 saturated carbocycles. The summed E-state index contributed by atoms with van der Waals surface area (Å²) in [6, 6.07) is -0.285. The van der Waals surface area contributed by atoms with Gasteiger partial charge in [0.1, 0.15) is 12.1 Å². The van der Waals surface area contributed by atoms with Crippen LogP contribution < -0.4 is 10.4 Å². The molecule has 1 fully saturated rings. The van der Waals surface area contributed by atoms with E-state index in [0.29, 0.717) is 6.54 Å². The normalized spacial score (nSPS) is 31.3. The van der Waals surface area contributed by atoms with E-state index < -0.39 is 12.2 Å². The summed E-state index contributed by atoms with van der Waals surface area (Å²) in [5, 5.41) is 33.0. The Hall–Kier alpha value is -0.690. The molecule has 0 aliphatic carbocycles. The third-order valence-corrected chi connectivity index (χ3v) is 3.84. The van der Waals surface area contributed by atoms with Crippen molar-refractivity contribution in [3.8, 4) is 0 Å². The van der Waals surface area contributed by atoms with Gasteiger partial charge in [0.25, 0.3) is 0 Å². The average molecular weight is 274 g/mol. The van der Waals surface area contributed by atoms with Gasteiger partial charge < -0.3 is 20.5 Å². The van der Waals surface area contributed by atoms with Gasteiger partial charge in [-0.25, -0.2) is 0 Å². The summed E-state index contributed by atoms with van der Waals surface area (Å²) in [6.07, 6.45) is 5.16. The topological polar surface area (TPSA) is 97.1 Å². The zero-order valence-corrected chi connectivity index (χ0v) is 11.6. The van der Waals surface area contributed by atoms with E-state index in [1.165, 1.54) is 0 Å². The second kappa shape index (κ2) is 8.47. The number of hydrogen-bond acceptors (Lipinski definition) is 4. The molecule has 0 aromatic carbocycles. The van der Waals surface area contributed by atoms with E-state index >= 15 is 0 Å². The molecule has 1 aliphatic heterocycles. The maximum absolute atomic E-state index is 11.9. The van der Waals surface area contributed by atoms with Crippen LogP contribution in [0.4, 0.5) is 0 Å². The number of quaternary nitrogens is 1. The predicted molar refractivity (Wildman–Crippen MR) is 71.5 cm³/mol. The fraction of sp³-hybridized carbons (Fsp3) is 0.923. The molecular weight excluding hydrogens is 248 g/mol. The third kappa shape index (κ3) is 5.86. The highest BCUT2D eigenvalue weighted by Crippen LogP contribution is 2.09. The van der Waals surface area contributed by atoms with Crippen molar-refractivity contribution < 1.29 is 20.1 Å². The summed E-state index contributed by atoms with van der Waals surface area (Å²) < 4.78 is 0. The summed E-state index contributed by atoms with van der Waals surface area (Å²) in [5.41, 5.74) is 0. The van der Waals surface area contributed by atoms with Gasteiger partial charge in [-0.2, -0.15) is 0 Å². The number of carboxylic acid groups (broad SMARTS) is 1. The fourth-order valence-electron chi connectivity index (χ4n) is 2.51. The van der Waals surface area contributed by atoms with Crippen LogP contribution in [0.5, 0.6) is 0 Å². The molecule has 0 amide bonds. The van der Waals surface area contributed by atoms with Gasteiger partial charge in [0.2, 0.25) is 0 Å². The van der Waals surface area contributed by atoms with Gasteiger partial charge in [-0.1, -0.05) is 19.3 Å². The van der Waals surface area contributed by atoms with Crippen molar-refractivity contribution in [1.29, 1.82) is 0 Å². The maximum Gasteiger partial charge on any atom is 0.303 e. The Kier molecular flexibility index (Phi) is 7.30. The van der Waals surface area contributed by atoms with Crippen molar-refractivity contribution in [1.82, 2.24) is 5.32 Å². The molecular formula is C13H26N2O4. The van der Waals surface area contributed by atoms with Crippen LogP contribution in [-0.4, -0.2) is 41.0 Å². The summed E-state index contributed by atoms with van der Waals surface area (Å²) in [6.45, 7) is 2.33. The van der Waals surface area contributed by atoms with E-state index in [1.54, 1.807) is 6.92 Å². The van der Waals surface area contributed by atoms with Crippen LogP contribution in [0, 0.1) is 5.21 Å². The SMILES string of the molecule is C[C@H]1[C@H](O)NC[C@@H](CCCCCCCC(=O)O)[NH+]1[O-]. The van der Waals surface area contributed by atoms with Crippen molar-refractivity contribution in [3.63, 3.8) is 0 Å².